The van der Waals surface area contributed by atoms with E-state index in [1.165, 1.54) is 11.3 Å². The van der Waals surface area contributed by atoms with Crippen molar-refractivity contribution in [3.05, 3.63) is 71.2 Å². The molecule has 0 radical (unpaired) electrons. The number of thiazole rings is 1. The van der Waals surface area contributed by atoms with Gasteiger partial charge in [0.2, 0.25) is 7.44 Å². The van der Waals surface area contributed by atoms with E-state index in [-0.39, 0.29) is 6.16 Å². The van der Waals surface area contributed by atoms with Crippen LogP contribution in [-0.2, 0) is 24.4 Å². The first kappa shape index (κ1) is 23.4. The summed E-state index contributed by atoms with van der Waals surface area (Å²) in [6.45, 7) is 5.09. The Hall–Kier alpha value is -2.80. The summed E-state index contributed by atoms with van der Waals surface area (Å²) in [4.78, 5) is 30.3. The molecule has 1 aromatic heterocycles. The second kappa shape index (κ2) is 9.21. The second-order valence-electron chi connectivity index (χ2n) is 8.16. The van der Waals surface area contributed by atoms with E-state index in [1.54, 1.807) is 29.4 Å². The van der Waals surface area contributed by atoms with Crippen LogP contribution in [0.3, 0.4) is 0 Å². The van der Waals surface area contributed by atoms with Gasteiger partial charge < -0.3 is 4.74 Å². The van der Waals surface area contributed by atoms with E-state index in [1.807, 2.05) is 61.5 Å². The van der Waals surface area contributed by atoms with Gasteiger partial charge in [-0.25, -0.2) is 19.7 Å². The molecule has 1 unspecified atom stereocenters. The number of benzene rings is 2. The zero-order chi connectivity index (χ0) is 23.6. The molecular weight excluding hydrogens is 457 g/mol. The molecule has 1 aliphatic heterocycles. The highest BCUT2D eigenvalue weighted by Gasteiger charge is 2.54. The Morgan fingerprint density at radius 2 is 1.79 bits per heavy atom. The van der Waals surface area contributed by atoms with Crippen molar-refractivity contribution in [2.45, 2.75) is 38.8 Å². The smallest absolute Gasteiger partial charge is 0.346 e. The van der Waals surface area contributed by atoms with Crippen LogP contribution in [0.5, 0.6) is 0 Å². The number of esters is 2. The van der Waals surface area contributed by atoms with Crippen molar-refractivity contribution in [2.75, 3.05) is 10.8 Å². The molecule has 4 rings (SSSR count). The minimum Gasteiger partial charge on any atom is -0.390 e. The standard InChI is InChI=1S/C24H26N3O4PS/c1-4-14-32(30)26-17(2)22(28)31-23(29)24(3,21-15-33-16-25-21)27(32)20-12-10-19(11-13-20)18-8-6-5-7-9-18/h5-13,15-17H,4,14H2,1-3H3,(H,26,30)/t17-,24+,32?/m0/s1. The first-order valence-electron chi connectivity index (χ1n) is 10.8. The van der Waals surface area contributed by atoms with Gasteiger partial charge in [-0.1, -0.05) is 49.4 Å². The molecule has 7 nitrogen and oxygen atoms in total. The fourth-order valence-corrected chi connectivity index (χ4v) is 7.86. The van der Waals surface area contributed by atoms with Crippen LogP contribution in [0.1, 0.15) is 32.9 Å². The lowest BCUT2D eigenvalue weighted by atomic mass is 9.97. The van der Waals surface area contributed by atoms with Gasteiger partial charge >= 0.3 is 11.9 Å². The molecule has 172 valence electrons. The Morgan fingerprint density at radius 1 is 1.12 bits per heavy atom. The molecule has 0 saturated carbocycles. The minimum atomic E-state index is -3.47. The summed E-state index contributed by atoms with van der Waals surface area (Å²) in [6.07, 6.45) is 0.851. The third-order valence-electron chi connectivity index (χ3n) is 5.76. The lowest BCUT2D eigenvalue weighted by Crippen LogP contribution is -2.56. The third-order valence-corrected chi connectivity index (χ3v) is 9.47. The monoisotopic (exact) mass is 483 g/mol. The highest BCUT2D eigenvalue weighted by molar-refractivity contribution is 7.63. The van der Waals surface area contributed by atoms with Crippen molar-refractivity contribution in [2.24, 2.45) is 0 Å². The number of hydrogen-bond acceptors (Lipinski definition) is 6. The summed E-state index contributed by atoms with van der Waals surface area (Å²) < 4.78 is 21.4. The normalized spacial score (nSPS) is 25.9. The average Bonchev–Trinajstić information content (AvgIpc) is 3.35. The maximum Gasteiger partial charge on any atom is 0.346 e. The van der Waals surface area contributed by atoms with Crippen LogP contribution in [0.2, 0.25) is 0 Å². The molecule has 1 saturated heterocycles. The molecule has 1 fully saturated rings. The molecule has 0 bridgehead atoms. The molecule has 1 aliphatic rings. The quantitative estimate of drug-likeness (QED) is 0.303. The first-order chi connectivity index (χ1) is 15.8. The van der Waals surface area contributed by atoms with Gasteiger partial charge in [-0.2, -0.15) is 0 Å². The summed E-state index contributed by atoms with van der Waals surface area (Å²) in [5.41, 5.74) is 3.03. The van der Waals surface area contributed by atoms with Crippen LogP contribution in [0.15, 0.2) is 65.5 Å². The number of carbonyl (C=O) groups excluding carboxylic acids is 2. The number of nitrogens with zero attached hydrogens (tertiary/aromatic N) is 2. The Bertz CT molecular complexity index is 1180. The zero-order valence-electron chi connectivity index (χ0n) is 18.7. The van der Waals surface area contributed by atoms with Crippen LogP contribution in [-0.4, -0.2) is 29.1 Å². The lowest BCUT2D eigenvalue weighted by molar-refractivity contribution is -0.164. The van der Waals surface area contributed by atoms with E-state index in [4.69, 9.17) is 4.74 Å². The zero-order valence-corrected chi connectivity index (χ0v) is 20.4. The lowest BCUT2D eigenvalue weighted by Gasteiger charge is -2.46. The fraction of sp³-hybridized carbons (Fsp3) is 0.292. The van der Waals surface area contributed by atoms with E-state index in [9.17, 15) is 14.2 Å². The third kappa shape index (κ3) is 4.26. The van der Waals surface area contributed by atoms with Crippen LogP contribution in [0.25, 0.3) is 11.1 Å². The van der Waals surface area contributed by atoms with Crippen molar-refractivity contribution in [3.8, 4) is 11.1 Å². The van der Waals surface area contributed by atoms with Crippen LogP contribution >= 0.6 is 18.8 Å². The van der Waals surface area contributed by atoms with Gasteiger partial charge in [0.15, 0.2) is 5.54 Å². The van der Waals surface area contributed by atoms with Gasteiger partial charge in [-0.3, -0.25) is 9.24 Å². The van der Waals surface area contributed by atoms with E-state index in [2.05, 4.69) is 10.1 Å². The van der Waals surface area contributed by atoms with Gasteiger partial charge in [0.05, 0.1) is 11.2 Å². The van der Waals surface area contributed by atoms with Crippen LogP contribution in [0, 0.1) is 0 Å². The average molecular weight is 484 g/mol. The van der Waals surface area contributed by atoms with Crippen molar-refractivity contribution >= 4 is 36.4 Å². The van der Waals surface area contributed by atoms with Crippen molar-refractivity contribution < 1.29 is 18.9 Å². The number of hydrogen-bond donors (Lipinski definition) is 1. The van der Waals surface area contributed by atoms with Gasteiger partial charge in [0.1, 0.15) is 6.04 Å². The number of nitrogens with one attached hydrogen (secondary N) is 1. The molecule has 3 atom stereocenters. The molecule has 2 aromatic carbocycles. The van der Waals surface area contributed by atoms with Crippen molar-refractivity contribution in [1.82, 2.24) is 10.1 Å². The predicted octanol–water partition coefficient (Wildman–Crippen LogP) is 5.20. The number of aromatic nitrogens is 1. The Morgan fingerprint density at radius 3 is 2.39 bits per heavy atom. The summed E-state index contributed by atoms with van der Waals surface area (Å²) in [5.74, 6) is -1.55. The van der Waals surface area contributed by atoms with E-state index < -0.39 is 31.0 Å². The molecule has 9 heteroatoms. The molecular formula is C24H26N3O4PS. The molecule has 1 N–H and O–H groups in total. The van der Waals surface area contributed by atoms with E-state index in [0.29, 0.717) is 17.8 Å². The van der Waals surface area contributed by atoms with Crippen LogP contribution < -0.4 is 9.76 Å². The number of anilines is 1. The number of cyclic esters (lactones) is 2. The van der Waals surface area contributed by atoms with Gasteiger partial charge in [-0.15, -0.1) is 11.3 Å². The summed E-state index contributed by atoms with van der Waals surface area (Å²) in [7, 11) is -3.47. The second-order valence-corrected chi connectivity index (χ2v) is 11.4. The van der Waals surface area contributed by atoms with Crippen molar-refractivity contribution in [3.63, 3.8) is 0 Å². The Labute approximate surface area is 197 Å². The summed E-state index contributed by atoms with van der Waals surface area (Å²) >= 11 is 1.32. The Kier molecular flexibility index (Phi) is 6.52. The maximum absolute atomic E-state index is 14.5. The summed E-state index contributed by atoms with van der Waals surface area (Å²) in [6, 6.07) is 16.6. The van der Waals surface area contributed by atoms with Crippen molar-refractivity contribution in [1.29, 1.82) is 0 Å². The molecule has 33 heavy (non-hydrogen) atoms. The number of carbonyl (C=O) groups is 2. The molecule has 0 amide bonds. The highest BCUT2D eigenvalue weighted by Crippen LogP contribution is 2.57. The van der Waals surface area contributed by atoms with Gasteiger partial charge in [0.25, 0.3) is 0 Å². The summed E-state index contributed by atoms with van der Waals surface area (Å²) in [5, 5.41) is 4.73. The topological polar surface area (TPSA) is 88.6 Å². The van der Waals surface area contributed by atoms with Gasteiger partial charge in [-0.05, 0) is 43.5 Å². The number of rotatable bonds is 5. The first-order valence-corrected chi connectivity index (χ1v) is 13.6. The maximum atomic E-state index is 14.5. The van der Waals surface area contributed by atoms with Gasteiger partial charge in [0, 0.05) is 17.2 Å². The Balaban J connectivity index is 1.91. The number of ether oxygens (including phenoxy) is 1. The largest absolute Gasteiger partial charge is 0.390 e. The highest BCUT2D eigenvalue weighted by atomic mass is 32.1. The molecule has 0 spiro atoms. The van der Waals surface area contributed by atoms with Crippen LogP contribution in [0.4, 0.5) is 5.69 Å². The fourth-order valence-electron chi connectivity index (χ4n) is 4.11. The molecule has 2 heterocycles. The molecule has 0 aliphatic carbocycles. The van der Waals surface area contributed by atoms with E-state index >= 15 is 0 Å². The SMILES string of the molecule is CCCP1(=O)N[C@@H](C)C(=O)OC(=O)[C@@](C)(c2cscn2)N1c1ccc(-c2ccccc2)cc1. The minimum absolute atomic E-state index is 0.262. The predicted molar refractivity (Wildman–Crippen MR) is 130 cm³/mol. The molecule has 3 aromatic rings. The van der Waals surface area contributed by atoms with E-state index in [0.717, 1.165) is 11.1 Å².